The molecule has 2 heteroatoms. The first-order valence-electron chi connectivity index (χ1n) is 8.86. The highest BCUT2D eigenvalue weighted by atomic mass is 16.3. The van der Waals surface area contributed by atoms with Gasteiger partial charge in [0.25, 0.3) is 0 Å². The van der Waals surface area contributed by atoms with Gasteiger partial charge in [0.1, 0.15) is 0 Å². The zero-order valence-corrected chi connectivity index (χ0v) is 14.6. The molecule has 6 atom stereocenters. The minimum Gasteiger partial charge on any atom is -0.392 e. The number of fused-ring (bicyclic) bond motifs is 3. The first-order chi connectivity index (χ1) is 10.1. The molecule has 0 spiro atoms. The Kier molecular flexibility index (Phi) is 3.66. The predicted octanol–water partition coefficient (Wildman–Crippen LogP) is 4.08. The lowest BCUT2D eigenvalue weighted by atomic mass is 9.44. The van der Waals surface area contributed by atoms with Crippen LogP contribution in [0.2, 0.25) is 0 Å². The summed E-state index contributed by atoms with van der Waals surface area (Å²) in [7, 11) is 0. The minimum absolute atomic E-state index is 0.102. The molecule has 0 aliphatic heterocycles. The maximum Gasteiger partial charge on any atom is 0.0627 e. The number of allylic oxidation sites excluding steroid dienone is 3. The van der Waals surface area contributed by atoms with Gasteiger partial charge in [-0.3, -0.25) is 0 Å². The molecule has 2 fully saturated rings. The largest absolute Gasteiger partial charge is 0.392 e. The lowest BCUT2D eigenvalue weighted by Gasteiger charge is -2.62. The highest BCUT2D eigenvalue weighted by Gasteiger charge is 2.60. The second-order valence-corrected chi connectivity index (χ2v) is 9.07. The van der Waals surface area contributed by atoms with Gasteiger partial charge in [-0.2, -0.15) is 0 Å². The van der Waals surface area contributed by atoms with E-state index in [2.05, 4.69) is 46.4 Å². The maximum absolute atomic E-state index is 10.9. The van der Waals surface area contributed by atoms with E-state index in [0.29, 0.717) is 18.3 Å². The minimum atomic E-state index is -0.401. The molecule has 0 aromatic carbocycles. The van der Waals surface area contributed by atoms with Crippen LogP contribution in [0, 0.1) is 28.1 Å². The number of rotatable bonds is 1. The summed E-state index contributed by atoms with van der Waals surface area (Å²) < 4.78 is 0. The Morgan fingerprint density at radius 2 is 1.82 bits per heavy atom. The Balaban J connectivity index is 2.03. The van der Waals surface area contributed by atoms with Crippen molar-refractivity contribution in [3.63, 3.8) is 0 Å². The molecule has 3 rings (SSSR count). The van der Waals surface area contributed by atoms with Crippen molar-refractivity contribution in [2.24, 2.45) is 28.1 Å². The van der Waals surface area contributed by atoms with Crippen molar-refractivity contribution in [2.45, 2.75) is 72.0 Å². The summed E-state index contributed by atoms with van der Waals surface area (Å²) in [6.07, 6.45) is 8.66. The molecule has 0 amide bonds. The number of aliphatic hydroxyl groups excluding tert-OH is 2. The van der Waals surface area contributed by atoms with Crippen LogP contribution in [-0.2, 0) is 0 Å². The maximum atomic E-state index is 10.9. The van der Waals surface area contributed by atoms with E-state index in [9.17, 15) is 10.2 Å². The summed E-state index contributed by atoms with van der Waals surface area (Å²) in [6, 6.07) is 0. The van der Waals surface area contributed by atoms with Gasteiger partial charge in [-0.25, -0.2) is 0 Å². The van der Waals surface area contributed by atoms with Crippen LogP contribution in [0.1, 0.15) is 59.8 Å². The van der Waals surface area contributed by atoms with Gasteiger partial charge in [-0.05, 0) is 42.9 Å². The van der Waals surface area contributed by atoms with Crippen molar-refractivity contribution in [2.75, 3.05) is 0 Å². The van der Waals surface area contributed by atoms with Gasteiger partial charge in [0.2, 0.25) is 0 Å². The number of hydrogen-bond acceptors (Lipinski definition) is 2. The van der Waals surface area contributed by atoms with Gasteiger partial charge < -0.3 is 10.2 Å². The highest BCUT2D eigenvalue weighted by Crippen LogP contribution is 2.63. The smallest absolute Gasteiger partial charge is 0.0627 e. The number of hydrogen-bond donors (Lipinski definition) is 2. The second-order valence-electron chi connectivity index (χ2n) is 9.07. The van der Waals surface area contributed by atoms with Crippen LogP contribution in [0.3, 0.4) is 0 Å². The van der Waals surface area contributed by atoms with E-state index in [1.165, 1.54) is 5.57 Å². The molecule has 22 heavy (non-hydrogen) atoms. The fraction of sp³-hybridized carbons (Fsp3) is 0.800. The SMILES string of the molecule is C=C[C@]1(C)C=C2CC[C@H]3C(C)(C)[C@H](O)C[C@H](O)[C@]3(C)[C@H]2CC1. The van der Waals surface area contributed by atoms with Gasteiger partial charge in [0.05, 0.1) is 12.2 Å². The third kappa shape index (κ3) is 2.06. The second kappa shape index (κ2) is 4.95. The Morgan fingerprint density at radius 1 is 1.14 bits per heavy atom. The quantitative estimate of drug-likeness (QED) is 0.717. The molecule has 0 saturated heterocycles. The van der Waals surface area contributed by atoms with E-state index in [4.69, 9.17) is 0 Å². The average molecular weight is 304 g/mol. The summed E-state index contributed by atoms with van der Waals surface area (Å²) >= 11 is 0. The van der Waals surface area contributed by atoms with Crippen LogP contribution in [-0.4, -0.2) is 22.4 Å². The Bertz CT molecular complexity index is 506. The van der Waals surface area contributed by atoms with Crippen LogP contribution in [0.5, 0.6) is 0 Å². The predicted molar refractivity (Wildman–Crippen MR) is 90.4 cm³/mol. The normalized spacial score (nSPS) is 50.5. The van der Waals surface area contributed by atoms with E-state index < -0.39 is 12.2 Å². The zero-order chi connectivity index (χ0) is 16.3. The van der Waals surface area contributed by atoms with E-state index in [1.807, 2.05) is 0 Å². The Morgan fingerprint density at radius 3 is 2.45 bits per heavy atom. The molecule has 124 valence electrons. The third-order valence-electron chi connectivity index (χ3n) is 7.55. The Hall–Kier alpha value is -0.600. The van der Waals surface area contributed by atoms with Crippen molar-refractivity contribution in [1.82, 2.24) is 0 Å². The molecule has 0 heterocycles. The van der Waals surface area contributed by atoms with E-state index in [-0.39, 0.29) is 16.2 Å². The van der Waals surface area contributed by atoms with Crippen LogP contribution in [0.15, 0.2) is 24.3 Å². The fourth-order valence-corrected chi connectivity index (χ4v) is 5.86. The van der Waals surface area contributed by atoms with Crippen LogP contribution >= 0.6 is 0 Å². The lowest BCUT2D eigenvalue weighted by Crippen LogP contribution is -2.61. The lowest BCUT2D eigenvalue weighted by molar-refractivity contribution is -0.188. The third-order valence-corrected chi connectivity index (χ3v) is 7.55. The summed E-state index contributed by atoms with van der Waals surface area (Å²) in [5, 5.41) is 21.4. The van der Waals surface area contributed by atoms with Crippen molar-refractivity contribution in [3.8, 4) is 0 Å². The van der Waals surface area contributed by atoms with Gasteiger partial charge in [0.15, 0.2) is 0 Å². The standard InChI is InChI=1S/C20H32O2/c1-6-19(4)10-9-14-13(12-19)7-8-15-18(2,3)16(21)11-17(22)20(14,15)5/h6,12,14-17,21-22H,1,7-11H2,2-5H3/t14-,15-,16+,17-,19-,20+/m0/s1. The summed E-state index contributed by atoms with van der Waals surface area (Å²) in [5.74, 6) is 0.843. The van der Waals surface area contributed by atoms with Gasteiger partial charge in [-0.1, -0.05) is 45.4 Å². The molecule has 0 unspecified atom stereocenters. The molecule has 2 saturated carbocycles. The van der Waals surface area contributed by atoms with Gasteiger partial charge in [0, 0.05) is 17.3 Å². The number of aliphatic hydroxyl groups is 2. The summed E-state index contributed by atoms with van der Waals surface area (Å²) in [5.41, 5.74) is 1.43. The van der Waals surface area contributed by atoms with E-state index in [1.54, 1.807) is 0 Å². The summed E-state index contributed by atoms with van der Waals surface area (Å²) in [4.78, 5) is 0. The molecular weight excluding hydrogens is 272 g/mol. The van der Waals surface area contributed by atoms with Crippen molar-refractivity contribution >= 4 is 0 Å². The molecule has 0 bridgehead atoms. The Labute approximate surface area is 135 Å². The van der Waals surface area contributed by atoms with Gasteiger partial charge >= 0.3 is 0 Å². The highest BCUT2D eigenvalue weighted by molar-refractivity contribution is 5.27. The first-order valence-corrected chi connectivity index (χ1v) is 8.86. The average Bonchev–Trinajstić information content (AvgIpc) is 2.45. The molecule has 2 nitrogen and oxygen atoms in total. The summed E-state index contributed by atoms with van der Waals surface area (Å²) in [6.45, 7) is 12.9. The van der Waals surface area contributed by atoms with Crippen LogP contribution in [0.4, 0.5) is 0 Å². The van der Waals surface area contributed by atoms with Crippen molar-refractivity contribution in [3.05, 3.63) is 24.3 Å². The van der Waals surface area contributed by atoms with E-state index in [0.717, 1.165) is 25.7 Å². The van der Waals surface area contributed by atoms with Crippen molar-refractivity contribution in [1.29, 1.82) is 0 Å². The molecule has 0 aromatic rings. The molecule has 0 radical (unpaired) electrons. The van der Waals surface area contributed by atoms with Crippen molar-refractivity contribution < 1.29 is 10.2 Å². The van der Waals surface area contributed by atoms with Gasteiger partial charge in [-0.15, -0.1) is 6.58 Å². The molecule has 3 aliphatic carbocycles. The fourth-order valence-electron chi connectivity index (χ4n) is 5.86. The first kappa shape index (κ1) is 16.3. The zero-order valence-electron chi connectivity index (χ0n) is 14.6. The van der Waals surface area contributed by atoms with Crippen LogP contribution < -0.4 is 0 Å². The molecular formula is C20H32O2. The van der Waals surface area contributed by atoms with E-state index >= 15 is 0 Å². The monoisotopic (exact) mass is 304 g/mol. The van der Waals surface area contributed by atoms with Crippen LogP contribution in [0.25, 0.3) is 0 Å². The molecule has 3 aliphatic rings. The molecule has 2 N–H and O–H groups in total. The molecule has 0 aromatic heterocycles. The topological polar surface area (TPSA) is 40.5 Å².